The number of anilines is 2. The average molecular weight is 675 g/mol. The molecule has 1 aliphatic rings. The van der Waals surface area contributed by atoms with Gasteiger partial charge in [0.1, 0.15) is 0 Å². The molecule has 2 atom stereocenters. The molecule has 256 valence electrons. The van der Waals surface area contributed by atoms with Crippen molar-refractivity contribution >= 4 is 46.6 Å². The van der Waals surface area contributed by atoms with Crippen LogP contribution in [0.1, 0.15) is 55.8 Å². The van der Waals surface area contributed by atoms with E-state index in [2.05, 4.69) is 21.3 Å². The highest BCUT2D eigenvalue weighted by Gasteiger charge is 2.30. The van der Waals surface area contributed by atoms with Crippen LogP contribution in [0.4, 0.5) is 11.4 Å². The monoisotopic (exact) mass is 674 g/mol. The predicted molar refractivity (Wildman–Crippen MR) is 189 cm³/mol. The maximum absolute atomic E-state index is 13.5. The lowest BCUT2D eigenvalue weighted by Crippen LogP contribution is -2.42. The quantitative estimate of drug-likeness (QED) is 0.103. The number of nitrogens with one attached hydrogen (secondary N) is 4. The Balaban J connectivity index is 1.11. The second-order valence-corrected chi connectivity index (χ2v) is 11.9. The Morgan fingerprint density at radius 3 is 1.30 bits per heavy atom. The molecule has 12 nitrogen and oxygen atoms in total. The molecule has 5 rings (SSSR count). The predicted octanol–water partition coefficient (Wildman–Crippen LogP) is 2.49. The Morgan fingerprint density at radius 2 is 0.900 bits per heavy atom. The molecule has 1 aliphatic carbocycles. The van der Waals surface area contributed by atoms with Crippen molar-refractivity contribution in [3.63, 3.8) is 0 Å². The molecule has 4 aromatic rings. The van der Waals surface area contributed by atoms with Crippen molar-refractivity contribution in [3.8, 4) is 0 Å². The first kappa shape index (κ1) is 35.3. The van der Waals surface area contributed by atoms with E-state index in [9.17, 15) is 28.8 Å². The fourth-order valence-corrected chi connectivity index (χ4v) is 5.53. The highest BCUT2D eigenvalue weighted by atomic mass is 16.2. The number of hydrogen-bond acceptors (Lipinski definition) is 8. The molecule has 0 radical (unpaired) electrons. The fraction of sp³-hybridized carbons (Fsp3) is 0.211. The fourth-order valence-electron chi connectivity index (χ4n) is 5.53. The molecule has 8 N–H and O–H groups in total. The number of carbonyl (C=O) groups excluding carboxylic acids is 6. The van der Waals surface area contributed by atoms with Crippen LogP contribution in [0.2, 0.25) is 0 Å². The van der Waals surface area contributed by atoms with Crippen LogP contribution in [-0.2, 0) is 32.0 Å². The first-order valence-corrected chi connectivity index (χ1v) is 16.2. The molecule has 0 unspecified atom stereocenters. The number of rotatable bonds is 14. The van der Waals surface area contributed by atoms with E-state index in [0.29, 0.717) is 24.2 Å². The summed E-state index contributed by atoms with van der Waals surface area (Å²) in [6.45, 7) is 0.122. The number of hydrogen-bond donors (Lipinski definition) is 6. The SMILES string of the molecule is N[C@@H](Cc1ccccc1)C(=O)NCCC(=O)Nc1ccc2c(c1)C(=O)c1cc(NC(=O)CCNC(=O)[C@@H](N)Cc3ccccc3)ccc1C2=O. The van der Waals surface area contributed by atoms with Gasteiger partial charge < -0.3 is 32.7 Å². The Morgan fingerprint density at radius 1 is 0.520 bits per heavy atom. The van der Waals surface area contributed by atoms with Crippen LogP contribution in [0.3, 0.4) is 0 Å². The highest BCUT2D eigenvalue weighted by molar-refractivity contribution is 6.29. The molecule has 0 heterocycles. The summed E-state index contributed by atoms with van der Waals surface area (Å²) in [4.78, 5) is 76.7. The van der Waals surface area contributed by atoms with E-state index in [1.54, 1.807) is 0 Å². The summed E-state index contributed by atoms with van der Waals surface area (Å²) in [7, 11) is 0. The first-order valence-electron chi connectivity index (χ1n) is 16.2. The lowest BCUT2D eigenvalue weighted by Gasteiger charge is -2.19. The third-order valence-electron chi connectivity index (χ3n) is 8.16. The molecule has 0 spiro atoms. The summed E-state index contributed by atoms with van der Waals surface area (Å²) < 4.78 is 0. The Hall–Kier alpha value is -5.98. The van der Waals surface area contributed by atoms with Gasteiger partial charge in [0.25, 0.3) is 0 Å². The largest absolute Gasteiger partial charge is 0.354 e. The van der Waals surface area contributed by atoms with Crippen molar-refractivity contribution in [3.05, 3.63) is 130 Å². The standard InChI is InChI=1S/C38H38N6O6/c39-31(19-23-7-3-1-4-8-23)37(49)41-17-15-33(45)43-25-11-13-27-29(21-25)36(48)30-22-26(12-14-28(30)35(27)47)44-34(46)16-18-42-38(50)32(40)20-24-9-5-2-6-10-24/h1-14,21-22,31-32H,15-20,39-40H2,(H,41,49)(H,42,50)(H,43,45)(H,44,46)/t31-,32-/m0/s1. The number of benzene rings is 4. The van der Waals surface area contributed by atoms with Crippen molar-refractivity contribution in [2.24, 2.45) is 11.5 Å². The zero-order chi connectivity index (χ0) is 35.6. The van der Waals surface area contributed by atoms with Crippen molar-refractivity contribution in [2.45, 2.75) is 37.8 Å². The van der Waals surface area contributed by atoms with Gasteiger partial charge in [-0.2, -0.15) is 0 Å². The van der Waals surface area contributed by atoms with Crippen LogP contribution in [-0.4, -0.2) is 60.4 Å². The van der Waals surface area contributed by atoms with Gasteiger partial charge in [0, 0.05) is 59.6 Å². The van der Waals surface area contributed by atoms with E-state index >= 15 is 0 Å². The Bertz CT molecular complexity index is 1780. The van der Waals surface area contributed by atoms with Crippen molar-refractivity contribution < 1.29 is 28.8 Å². The van der Waals surface area contributed by atoms with Crippen LogP contribution in [0.5, 0.6) is 0 Å². The minimum Gasteiger partial charge on any atom is -0.354 e. The van der Waals surface area contributed by atoms with Crippen LogP contribution in [0.15, 0.2) is 97.1 Å². The third-order valence-corrected chi connectivity index (χ3v) is 8.16. The van der Waals surface area contributed by atoms with E-state index < -0.39 is 29.7 Å². The zero-order valence-corrected chi connectivity index (χ0v) is 27.2. The van der Waals surface area contributed by atoms with E-state index in [4.69, 9.17) is 11.5 Å². The third kappa shape index (κ3) is 9.13. The number of ketones is 2. The van der Waals surface area contributed by atoms with Gasteiger partial charge in [-0.15, -0.1) is 0 Å². The maximum Gasteiger partial charge on any atom is 0.237 e. The van der Waals surface area contributed by atoms with E-state index in [1.807, 2.05) is 60.7 Å². The second-order valence-electron chi connectivity index (χ2n) is 11.9. The number of carbonyl (C=O) groups is 6. The number of amides is 4. The molecule has 4 amide bonds. The van der Waals surface area contributed by atoms with Crippen LogP contribution >= 0.6 is 0 Å². The molecule has 12 heteroatoms. The molecule has 0 saturated carbocycles. The van der Waals surface area contributed by atoms with E-state index in [1.165, 1.54) is 36.4 Å². The van der Waals surface area contributed by atoms with Gasteiger partial charge in [0.05, 0.1) is 12.1 Å². The molecule has 0 fully saturated rings. The lowest BCUT2D eigenvalue weighted by molar-refractivity contribution is -0.123. The summed E-state index contributed by atoms with van der Waals surface area (Å²) in [5.74, 6) is -2.37. The van der Waals surface area contributed by atoms with Gasteiger partial charge in [0.15, 0.2) is 11.6 Å². The highest BCUT2D eigenvalue weighted by Crippen LogP contribution is 2.31. The zero-order valence-electron chi connectivity index (χ0n) is 27.2. The smallest absolute Gasteiger partial charge is 0.237 e. The summed E-state index contributed by atoms with van der Waals surface area (Å²) in [6, 6.07) is 26.1. The molecule has 0 saturated heterocycles. The van der Waals surface area contributed by atoms with E-state index in [0.717, 1.165) is 11.1 Å². The summed E-state index contributed by atoms with van der Waals surface area (Å²) in [5, 5.41) is 10.7. The minimum absolute atomic E-state index is 0.0379. The van der Waals surface area contributed by atoms with Gasteiger partial charge in [-0.25, -0.2) is 0 Å². The first-order chi connectivity index (χ1) is 24.1. The Kier molecular flexibility index (Phi) is 11.6. The van der Waals surface area contributed by atoms with E-state index in [-0.39, 0.29) is 65.8 Å². The minimum atomic E-state index is -0.760. The van der Waals surface area contributed by atoms with Gasteiger partial charge >= 0.3 is 0 Å². The summed E-state index contributed by atoms with van der Waals surface area (Å²) in [6.07, 6.45) is 0.652. The second kappa shape index (κ2) is 16.4. The topological polar surface area (TPSA) is 203 Å². The number of fused-ring (bicyclic) bond motifs is 2. The van der Waals surface area contributed by atoms with Gasteiger partial charge in [-0.05, 0) is 60.4 Å². The molecular weight excluding hydrogens is 636 g/mol. The van der Waals surface area contributed by atoms with Gasteiger partial charge in [-0.1, -0.05) is 60.7 Å². The molecule has 0 aliphatic heterocycles. The molecule has 4 aromatic carbocycles. The maximum atomic E-state index is 13.5. The summed E-state index contributed by atoms with van der Waals surface area (Å²) in [5.41, 5.74) is 15.1. The molecule has 0 aromatic heterocycles. The van der Waals surface area contributed by atoms with Crippen molar-refractivity contribution in [1.29, 1.82) is 0 Å². The van der Waals surface area contributed by atoms with Crippen LogP contribution < -0.4 is 32.7 Å². The van der Waals surface area contributed by atoms with Crippen LogP contribution in [0.25, 0.3) is 0 Å². The molecular formula is C38H38N6O6. The average Bonchev–Trinajstić information content (AvgIpc) is 3.11. The van der Waals surface area contributed by atoms with Crippen molar-refractivity contribution in [1.82, 2.24) is 10.6 Å². The Labute approximate surface area is 289 Å². The van der Waals surface area contributed by atoms with Gasteiger partial charge in [0.2, 0.25) is 23.6 Å². The summed E-state index contributed by atoms with van der Waals surface area (Å²) >= 11 is 0. The molecule has 50 heavy (non-hydrogen) atoms. The van der Waals surface area contributed by atoms with Gasteiger partial charge in [-0.3, -0.25) is 28.8 Å². The van der Waals surface area contributed by atoms with Crippen LogP contribution in [0, 0.1) is 0 Å². The normalized spacial score (nSPS) is 12.9. The lowest BCUT2D eigenvalue weighted by atomic mass is 9.83. The van der Waals surface area contributed by atoms with Crippen molar-refractivity contribution in [2.75, 3.05) is 23.7 Å². The number of nitrogens with two attached hydrogens (primary N) is 2. The molecule has 0 bridgehead atoms.